The average Bonchev–Trinajstić information content (AvgIpc) is 3.14. The van der Waals surface area contributed by atoms with Gasteiger partial charge in [0, 0.05) is 5.92 Å². The van der Waals surface area contributed by atoms with Crippen molar-refractivity contribution in [3.8, 4) is 0 Å². The number of nitrogens with zero attached hydrogens (tertiary/aromatic N) is 2. The molecule has 2 aromatic rings. The number of carbonyl (C=O) groups is 2. The van der Waals surface area contributed by atoms with Crippen molar-refractivity contribution in [2.75, 3.05) is 7.11 Å². The molecule has 0 amide bonds. The first-order valence-corrected chi connectivity index (χ1v) is 12.2. The molecule has 6 nitrogen and oxygen atoms in total. The third kappa shape index (κ3) is 8.13. The van der Waals surface area contributed by atoms with Crippen molar-refractivity contribution in [1.82, 2.24) is 9.55 Å². The van der Waals surface area contributed by atoms with Gasteiger partial charge in [0.1, 0.15) is 5.63 Å². The summed E-state index contributed by atoms with van der Waals surface area (Å²) in [6.45, 7) is 5.55. The van der Waals surface area contributed by atoms with Crippen LogP contribution in [-0.4, -0.2) is 34.6 Å². The second-order valence-corrected chi connectivity index (χ2v) is 17.0. The van der Waals surface area contributed by atoms with Gasteiger partial charge in [-0.15, -0.1) is 0 Å². The predicted molar refractivity (Wildman–Crippen MR) is 134 cm³/mol. The molecule has 0 spiro atoms. The maximum absolute atomic E-state index is 12.5. The van der Waals surface area contributed by atoms with E-state index in [4.69, 9.17) is 9.47 Å². The van der Waals surface area contributed by atoms with E-state index in [2.05, 4.69) is 72.8 Å². The maximum Gasteiger partial charge on any atom is 0.357 e. The van der Waals surface area contributed by atoms with E-state index in [0.29, 0.717) is 5.69 Å². The third-order valence-electron chi connectivity index (χ3n) is 3.85. The summed E-state index contributed by atoms with van der Waals surface area (Å²) in [5.74, 6) is -1.36. The zero-order valence-corrected chi connectivity index (χ0v) is 22.5. The minimum Gasteiger partial charge on any atom is -0.466 e. The summed E-state index contributed by atoms with van der Waals surface area (Å²) in [5, 5.41) is 0. The number of ether oxygens (including phenoxy) is 2. The Morgan fingerprint density at radius 2 is 1.64 bits per heavy atom. The first-order chi connectivity index (χ1) is 13.2. The van der Waals surface area contributed by atoms with Gasteiger partial charge in [0.05, 0.1) is 25.7 Å². The minimum absolute atomic E-state index is 0.0909. The summed E-state index contributed by atoms with van der Waals surface area (Å²) in [4.78, 5) is 28.3. The number of halogens is 3. The summed E-state index contributed by atoms with van der Waals surface area (Å²) < 4.78 is 12.5. The van der Waals surface area contributed by atoms with Gasteiger partial charge in [-0.1, -0.05) is 112 Å². The van der Waals surface area contributed by atoms with E-state index in [0.717, 1.165) is 5.50 Å². The molecular weight excluding hydrogens is 701 g/mol. The molecule has 0 aliphatic carbocycles. The molecule has 2 rings (SSSR count). The molecule has 28 heavy (non-hydrogen) atoms. The monoisotopic (exact) mass is 724 g/mol. The predicted octanol–water partition coefficient (Wildman–Crippen LogP) is 5.42. The fraction of sp³-hybridized carbons (Fsp3) is 0.421. The molecule has 0 unspecified atom stereocenters. The molecule has 0 fully saturated rings. The molecule has 0 radical (unpaired) electrons. The number of hydrogen-bond acceptors (Lipinski definition) is 5. The molecule has 1 heterocycles. The van der Waals surface area contributed by atoms with Gasteiger partial charge in [-0.3, -0.25) is 0 Å². The van der Waals surface area contributed by atoms with E-state index in [1.54, 1.807) is 24.7 Å². The van der Waals surface area contributed by atoms with Crippen LogP contribution in [0.5, 0.6) is 0 Å². The topological polar surface area (TPSA) is 70.4 Å². The lowest BCUT2D eigenvalue weighted by atomic mass is 10.1. The SMILES string of the molecule is COC(=O)[C@H](OC(=O)c1cncn1[C@H](C)c1ccccc1)C(C)C.IC(I)I. The molecule has 1 aromatic carbocycles. The van der Waals surface area contributed by atoms with E-state index in [-0.39, 0.29) is 12.0 Å². The minimum atomic E-state index is -0.946. The highest BCUT2D eigenvalue weighted by Crippen LogP contribution is 2.21. The zero-order valence-electron chi connectivity index (χ0n) is 16.0. The van der Waals surface area contributed by atoms with Crippen molar-refractivity contribution in [2.45, 2.75) is 32.9 Å². The number of methoxy groups -OCH3 is 1. The van der Waals surface area contributed by atoms with Gasteiger partial charge >= 0.3 is 11.9 Å². The number of rotatable bonds is 6. The van der Waals surface area contributed by atoms with E-state index in [1.165, 1.54) is 13.3 Å². The number of aromatic nitrogens is 2. The Kier molecular flexibility index (Phi) is 11.9. The molecule has 154 valence electrons. The average molecular weight is 724 g/mol. The highest BCUT2D eigenvalue weighted by Gasteiger charge is 2.29. The van der Waals surface area contributed by atoms with Crippen molar-refractivity contribution >= 4 is 79.7 Å². The molecular formula is C19H23I3N2O4. The zero-order chi connectivity index (χ0) is 21.3. The molecule has 9 heteroatoms. The van der Waals surface area contributed by atoms with Crippen molar-refractivity contribution in [3.63, 3.8) is 0 Å². The largest absolute Gasteiger partial charge is 0.466 e. The standard InChI is InChI=1S/C18H22N2O4.CHI3/c1-12(2)16(18(22)23-4)24-17(21)15-10-19-11-20(15)13(3)14-8-6-5-7-9-14;2-1(3)4/h5-13,16H,1-4H3;1H/t13-,16-;/m1./s1. The first-order valence-electron chi connectivity index (χ1n) is 8.46. The molecule has 0 saturated heterocycles. The Balaban J connectivity index is 0.000000892. The molecule has 1 aromatic heterocycles. The van der Waals surface area contributed by atoms with E-state index in [1.807, 2.05) is 37.3 Å². The summed E-state index contributed by atoms with van der Waals surface area (Å²) >= 11 is 6.95. The second-order valence-electron chi connectivity index (χ2n) is 6.11. The van der Waals surface area contributed by atoms with Crippen LogP contribution in [0.1, 0.15) is 42.9 Å². The lowest BCUT2D eigenvalue weighted by molar-refractivity contribution is -0.153. The van der Waals surface area contributed by atoms with Crippen LogP contribution in [0.2, 0.25) is 0 Å². The Morgan fingerprint density at radius 1 is 1.07 bits per heavy atom. The Bertz CT molecular complexity index is 748. The van der Waals surface area contributed by atoms with Gasteiger partial charge < -0.3 is 14.0 Å². The van der Waals surface area contributed by atoms with Crippen LogP contribution < -0.4 is 0 Å². The van der Waals surface area contributed by atoms with E-state index >= 15 is 0 Å². The fourth-order valence-electron chi connectivity index (χ4n) is 2.41. The normalized spacial score (nSPS) is 12.8. The number of esters is 2. The highest BCUT2D eigenvalue weighted by atomic mass is 127. The van der Waals surface area contributed by atoms with Crippen LogP contribution in [0.15, 0.2) is 42.9 Å². The van der Waals surface area contributed by atoms with Crippen molar-refractivity contribution in [3.05, 3.63) is 54.1 Å². The van der Waals surface area contributed by atoms with Crippen LogP contribution in [0, 0.1) is 5.92 Å². The lowest BCUT2D eigenvalue weighted by Crippen LogP contribution is -2.33. The van der Waals surface area contributed by atoms with Gasteiger partial charge in [-0.25, -0.2) is 14.6 Å². The quantitative estimate of drug-likeness (QED) is 0.226. The second kappa shape index (κ2) is 13.0. The molecule has 2 atom stereocenters. The summed E-state index contributed by atoms with van der Waals surface area (Å²) in [6, 6.07) is 9.67. The number of imidazole rings is 1. The molecule has 0 bridgehead atoms. The summed E-state index contributed by atoms with van der Waals surface area (Å²) in [5.41, 5.74) is 1.33. The van der Waals surface area contributed by atoms with Gasteiger partial charge in [-0.05, 0) is 12.5 Å². The van der Waals surface area contributed by atoms with Crippen molar-refractivity contribution in [2.24, 2.45) is 5.92 Å². The van der Waals surface area contributed by atoms with Crippen LogP contribution in [0.25, 0.3) is 0 Å². The summed E-state index contributed by atoms with van der Waals surface area (Å²) in [7, 11) is 1.27. The van der Waals surface area contributed by atoms with Crippen LogP contribution >= 0.6 is 67.8 Å². The molecule has 0 aliphatic heterocycles. The van der Waals surface area contributed by atoms with Crippen LogP contribution in [0.4, 0.5) is 0 Å². The highest BCUT2D eigenvalue weighted by molar-refractivity contribution is 14.3. The van der Waals surface area contributed by atoms with E-state index in [9.17, 15) is 9.59 Å². The van der Waals surface area contributed by atoms with Crippen LogP contribution in [0.3, 0.4) is 0 Å². The van der Waals surface area contributed by atoms with Crippen molar-refractivity contribution < 1.29 is 19.1 Å². The van der Waals surface area contributed by atoms with Gasteiger partial charge in [0.2, 0.25) is 6.10 Å². The number of alkyl halides is 3. The maximum atomic E-state index is 12.5. The number of benzene rings is 1. The fourth-order valence-corrected chi connectivity index (χ4v) is 2.41. The Morgan fingerprint density at radius 3 is 2.14 bits per heavy atom. The van der Waals surface area contributed by atoms with E-state index < -0.39 is 18.0 Å². The van der Waals surface area contributed by atoms with Gasteiger partial charge in [-0.2, -0.15) is 0 Å². The third-order valence-corrected chi connectivity index (χ3v) is 3.85. The Labute approximate surface area is 206 Å². The van der Waals surface area contributed by atoms with Crippen molar-refractivity contribution in [1.29, 1.82) is 0 Å². The first kappa shape index (κ1) is 25.6. The number of hydrogen-bond donors (Lipinski definition) is 0. The molecule has 0 N–H and O–H groups in total. The lowest BCUT2D eigenvalue weighted by Gasteiger charge is -2.20. The van der Waals surface area contributed by atoms with Gasteiger partial charge in [0.15, 0.2) is 0 Å². The summed E-state index contributed by atoms with van der Waals surface area (Å²) in [6.07, 6.45) is 2.07. The van der Waals surface area contributed by atoms with Gasteiger partial charge in [0.25, 0.3) is 0 Å². The molecule has 0 saturated carbocycles. The number of carbonyl (C=O) groups excluding carboxylic acids is 2. The Hall–Kier alpha value is -0.440. The van der Waals surface area contributed by atoms with Crippen LogP contribution in [-0.2, 0) is 14.3 Å². The smallest absolute Gasteiger partial charge is 0.357 e. The molecule has 0 aliphatic rings.